The van der Waals surface area contributed by atoms with Gasteiger partial charge in [0.15, 0.2) is 0 Å². The third kappa shape index (κ3) is 4.34. The van der Waals surface area contributed by atoms with Gasteiger partial charge in [-0.15, -0.1) is 0 Å². The molecule has 1 atom stereocenters. The van der Waals surface area contributed by atoms with Gasteiger partial charge in [-0.25, -0.2) is 0 Å². The molecule has 1 unspecified atom stereocenters. The molecule has 72 valence electrons. The smallest absolute Gasteiger partial charge is 0.306 e. The zero-order valence-electron chi connectivity index (χ0n) is 8.46. The Morgan fingerprint density at radius 1 is 1.50 bits per heavy atom. The van der Waals surface area contributed by atoms with Crippen molar-refractivity contribution in [2.75, 3.05) is 13.8 Å². The summed E-state index contributed by atoms with van der Waals surface area (Å²) >= 11 is 0. The van der Waals surface area contributed by atoms with E-state index in [1.54, 1.807) is 6.92 Å². The molecule has 0 saturated carbocycles. The van der Waals surface area contributed by atoms with E-state index in [0.29, 0.717) is 19.2 Å². The lowest BCUT2D eigenvalue weighted by Gasteiger charge is -2.22. The van der Waals surface area contributed by atoms with E-state index in [1.165, 1.54) is 0 Å². The van der Waals surface area contributed by atoms with Gasteiger partial charge in [0.1, 0.15) is 6.73 Å². The molecule has 0 aromatic rings. The molecule has 0 bridgehead atoms. The van der Waals surface area contributed by atoms with E-state index in [2.05, 4.69) is 13.8 Å². The maximum atomic E-state index is 10.8. The van der Waals surface area contributed by atoms with Crippen LogP contribution in [0.15, 0.2) is 0 Å². The van der Waals surface area contributed by atoms with Crippen molar-refractivity contribution in [1.29, 1.82) is 0 Å². The molecule has 3 heteroatoms. The van der Waals surface area contributed by atoms with Crippen molar-refractivity contribution in [3.8, 4) is 0 Å². The predicted molar refractivity (Wildman–Crippen MR) is 48.8 cm³/mol. The lowest BCUT2D eigenvalue weighted by Crippen LogP contribution is -2.31. The van der Waals surface area contributed by atoms with E-state index >= 15 is 0 Å². The normalized spacial score (nSPS) is 13.1. The highest BCUT2D eigenvalue weighted by Crippen LogP contribution is 1.99. The van der Waals surface area contributed by atoms with Crippen LogP contribution in [0.4, 0.5) is 0 Å². The van der Waals surface area contributed by atoms with Crippen LogP contribution in [0.3, 0.4) is 0 Å². The highest BCUT2D eigenvalue weighted by atomic mass is 16.5. The number of esters is 1. The van der Waals surface area contributed by atoms with E-state index < -0.39 is 0 Å². The molecule has 0 radical (unpaired) electrons. The van der Waals surface area contributed by atoms with Crippen molar-refractivity contribution in [2.24, 2.45) is 0 Å². The maximum absolute atomic E-state index is 10.8. The average molecular weight is 173 g/mol. The van der Waals surface area contributed by atoms with E-state index in [0.717, 1.165) is 6.42 Å². The van der Waals surface area contributed by atoms with Crippen LogP contribution in [0.5, 0.6) is 0 Å². The van der Waals surface area contributed by atoms with E-state index in [1.807, 2.05) is 11.9 Å². The molecule has 0 N–H and O–H groups in total. The lowest BCUT2D eigenvalue weighted by atomic mass is 10.2. The fourth-order valence-electron chi connectivity index (χ4n) is 0.715. The summed E-state index contributed by atoms with van der Waals surface area (Å²) in [5, 5.41) is 0. The second-order valence-electron chi connectivity index (χ2n) is 3.01. The molecule has 0 amide bonds. The molecular weight excluding hydrogens is 154 g/mol. The summed E-state index contributed by atoms with van der Waals surface area (Å²) in [5.74, 6) is -0.134. The highest BCUT2D eigenvalue weighted by Gasteiger charge is 2.07. The second-order valence-corrected chi connectivity index (χ2v) is 3.01. The minimum Gasteiger partial charge on any atom is -0.449 e. The first kappa shape index (κ1) is 11.4. The van der Waals surface area contributed by atoms with Crippen molar-refractivity contribution < 1.29 is 9.53 Å². The number of nitrogens with zero attached hydrogens (tertiary/aromatic N) is 1. The number of carbonyl (C=O) groups excluding carboxylic acids is 1. The summed E-state index contributed by atoms with van der Waals surface area (Å²) in [4.78, 5) is 12.8. The Bertz CT molecular complexity index is 136. The van der Waals surface area contributed by atoms with Gasteiger partial charge in [0.2, 0.25) is 0 Å². The Labute approximate surface area is 74.7 Å². The van der Waals surface area contributed by atoms with Crippen molar-refractivity contribution in [2.45, 2.75) is 39.7 Å². The van der Waals surface area contributed by atoms with Crippen LogP contribution >= 0.6 is 0 Å². The molecule has 0 aromatic carbocycles. The van der Waals surface area contributed by atoms with Gasteiger partial charge in [-0.3, -0.25) is 9.69 Å². The minimum atomic E-state index is -0.134. The van der Waals surface area contributed by atoms with Gasteiger partial charge in [0.05, 0.1) is 0 Å². The minimum absolute atomic E-state index is 0.134. The molecule has 0 heterocycles. The van der Waals surface area contributed by atoms with Crippen LogP contribution in [0.2, 0.25) is 0 Å². The Balaban J connectivity index is 3.56. The lowest BCUT2D eigenvalue weighted by molar-refractivity contribution is -0.148. The topological polar surface area (TPSA) is 29.5 Å². The fraction of sp³-hybridized carbons (Fsp3) is 0.889. The van der Waals surface area contributed by atoms with Gasteiger partial charge in [-0.05, 0) is 20.4 Å². The second kappa shape index (κ2) is 6.00. The monoisotopic (exact) mass is 173 g/mol. The Morgan fingerprint density at radius 3 is 2.50 bits per heavy atom. The fourth-order valence-corrected chi connectivity index (χ4v) is 0.715. The van der Waals surface area contributed by atoms with Crippen LogP contribution in [0.25, 0.3) is 0 Å². The van der Waals surface area contributed by atoms with Crippen molar-refractivity contribution >= 4 is 5.97 Å². The molecule has 0 aromatic heterocycles. The Kier molecular flexibility index (Phi) is 5.72. The summed E-state index contributed by atoms with van der Waals surface area (Å²) in [6, 6.07) is 0.467. The Morgan fingerprint density at radius 2 is 2.08 bits per heavy atom. The summed E-state index contributed by atoms with van der Waals surface area (Å²) in [5.41, 5.74) is 0. The summed E-state index contributed by atoms with van der Waals surface area (Å²) in [6.07, 6.45) is 1.52. The van der Waals surface area contributed by atoms with E-state index in [9.17, 15) is 4.79 Å². The summed E-state index contributed by atoms with van der Waals surface area (Å²) in [7, 11) is 1.96. The zero-order valence-corrected chi connectivity index (χ0v) is 8.46. The third-order valence-corrected chi connectivity index (χ3v) is 2.06. The molecule has 0 aliphatic rings. The molecule has 0 rings (SSSR count). The molecular formula is C9H19NO2. The van der Waals surface area contributed by atoms with Gasteiger partial charge in [-0.2, -0.15) is 0 Å². The van der Waals surface area contributed by atoms with Crippen LogP contribution < -0.4 is 0 Å². The van der Waals surface area contributed by atoms with E-state index in [4.69, 9.17) is 4.74 Å². The number of carbonyl (C=O) groups is 1. The summed E-state index contributed by atoms with van der Waals surface area (Å²) in [6.45, 7) is 6.43. The van der Waals surface area contributed by atoms with Gasteiger partial charge in [-0.1, -0.05) is 13.8 Å². The summed E-state index contributed by atoms with van der Waals surface area (Å²) < 4.78 is 4.96. The highest BCUT2D eigenvalue weighted by molar-refractivity contribution is 5.68. The molecule has 0 aliphatic heterocycles. The van der Waals surface area contributed by atoms with Gasteiger partial charge < -0.3 is 4.74 Å². The van der Waals surface area contributed by atoms with Crippen LogP contribution in [-0.4, -0.2) is 30.7 Å². The van der Waals surface area contributed by atoms with Gasteiger partial charge in [0, 0.05) is 12.5 Å². The van der Waals surface area contributed by atoms with Crippen LogP contribution in [0, 0.1) is 0 Å². The van der Waals surface area contributed by atoms with Gasteiger partial charge >= 0.3 is 5.97 Å². The number of ether oxygens (including phenoxy) is 1. The van der Waals surface area contributed by atoms with Gasteiger partial charge in [0.25, 0.3) is 0 Å². The van der Waals surface area contributed by atoms with Crippen LogP contribution in [-0.2, 0) is 9.53 Å². The molecule has 0 fully saturated rings. The maximum Gasteiger partial charge on any atom is 0.306 e. The molecule has 0 spiro atoms. The predicted octanol–water partition coefficient (Wildman–Crippen LogP) is 1.63. The number of hydrogen-bond donors (Lipinski definition) is 0. The quantitative estimate of drug-likeness (QED) is 0.467. The van der Waals surface area contributed by atoms with Crippen molar-refractivity contribution in [3.05, 3.63) is 0 Å². The van der Waals surface area contributed by atoms with Crippen molar-refractivity contribution in [1.82, 2.24) is 4.90 Å². The molecule has 0 saturated heterocycles. The Hall–Kier alpha value is -0.570. The first-order valence-corrected chi connectivity index (χ1v) is 4.47. The first-order valence-electron chi connectivity index (χ1n) is 4.47. The van der Waals surface area contributed by atoms with E-state index in [-0.39, 0.29) is 5.97 Å². The van der Waals surface area contributed by atoms with Crippen LogP contribution in [0.1, 0.15) is 33.6 Å². The largest absolute Gasteiger partial charge is 0.449 e. The molecule has 12 heavy (non-hydrogen) atoms. The zero-order chi connectivity index (χ0) is 9.56. The SMILES string of the molecule is CCC(=O)OCN(C)C(C)CC. The van der Waals surface area contributed by atoms with Crippen molar-refractivity contribution in [3.63, 3.8) is 0 Å². The number of hydrogen-bond acceptors (Lipinski definition) is 3. The number of rotatable bonds is 5. The third-order valence-electron chi connectivity index (χ3n) is 2.06. The molecule has 3 nitrogen and oxygen atoms in total. The average Bonchev–Trinajstić information content (AvgIpc) is 2.11. The molecule has 0 aliphatic carbocycles. The first-order chi connectivity index (χ1) is 5.61. The standard InChI is InChI=1S/C9H19NO2/c1-5-8(3)10(4)7-12-9(11)6-2/h8H,5-7H2,1-4H3.